The number of halogens is 1. The van der Waals surface area contributed by atoms with E-state index in [4.69, 9.17) is 4.98 Å². The Kier molecular flexibility index (Phi) is 6.94. The number of likely N-dealkylation sites (tertiary alicyclic amines) is 1. The fourth-order valence-corrected chi connectivity index (χ4v) is 4.66. The monoisotopic (exact) mass is 401 g/mol. The number of para-hydroxylation sites is 2. The van der Waals surface area contributed by atoms with Crippen molar-refractivity contribution in [2.75, 3.05) is 25.4 Å². The second-order valence-electron chi connectivity index (χ2n) is 6.80. The van der Waals surface area contributed by atoms with Crippen LogP contribution in [0, 0.1) is 0 Å². The first-order valence-corrected chi connectivity index (χ1v) is 10.3. The van der Waals surface area contributed by atoms with Gasteiger partial charge in [0, 0.05) is 0 Å². The molecule has 0 unspecified atom stereocenters. The van der Waals surface area contributed by atoms with Crippen LogP contribution in [0.3, 0.4) is 0 Å². The van der Waals surface area contributed by atoms with Crippen LogP contribution in [0.15, 0.2) is 64.5 Å². The second kappa shape index (κ2) is 9.40. The van der Waals surface area contributed by atoms with Crippen molar-refractivity contribution in [3.05, 3.63) is 65.0 Å². The number of benzene rings is 2. The number of fused-ring (bicyclic) bond motifs is 1. The summed E-state index contributed by atoms with van der Waals surface area (Å²) in [5, 5.41) is 1.46. The van der Waals surface area contributed by atoms with Crippen molar-refractivity contribution in [1.82, 2.24) is 9.55 Å². The van der Waals surface area contributed by atoms with Gasteiger partial charge in [-0.2, -0.15) is 0 Å². The molecule has 2 heterocycles. The van der Waals surface area contributed by atoms with Gasteiger partial charge in [-0.1, -0.05) is 42.1 Å². The minimum Gasteiger partial charge on any atom is -1.00 e. The number of hydrogen-bond donors (Lipinski definition) is 1. The van der Waals surface area contributed by atoms with Crippen LogP contribution in [0.25, 0.3) is 16.6 Å². The number of piperidine rings is 1. The highest BCUT2D eigenvalue weighted by Crippen LogP contribution is 2.20. The summed E-state index contributed by atoms with van der Waals surface area (Å²) in [5.74, 6) is 0.979. The summed E-state index contributed by atoms with van der Waals surface area (Å²) in [6.07, 6.45) is 4.04. The van der Waals surface area contributed by atoms with E-state index in [0.29, 0.717) is 5.39 Å². The first kappa shape index (κ1) is 19.9. The smallest absolute Gasteiger partial charge is 0.266 e. The molecule has 0 bridgehead atoms. The Balaban J connectivity index is 0.00000210. The van der Waals surface area contributed by atoms with Gasteiger partial charge in [0.1, 0.15) is 0 Å². The van der Waals surface area contributed by atoms with E-state index < -0.39 is 0 Å². The lowest BCUT2D eigenvalue weighted by molar-refractivity contribution is -0.902. The van der Waals surface area contributed by atoms with Crippen LogP contribution in [-0.4, -0.2) is 34.9 Å². The third-order valence-electron chi connectivity index (χ3n) is 5.01. The van der Waals surface area contributed by atoms with Gasteiger partial charge in [-0.15, -0.1) is 0 Å². The maximum Gasteiger partial charge on any atom is 0.266 e. The van der Waals surface area contributed by atoms with E-state index in [2.05, 4.69) is 0 Å². The molecule has 0 amide bonds. The summed E-state index contributed by atoms with van der Waals surface area (Å²) in [7, 11) is 0. The van der Waals surface area contributed by atoms with E-state index in [0.717, 1.165) is 28.7 Å². The zero-order chi connectivity index (χ0) is 17.8. The van der Waals surface area contributed by atoms with Crippen molar-refractivity contribution >= 4 is 22.7 Å². The first-order valence-electron chi connectivity index (χ1n) is 9.36. The highest BCUT2D eigenvalue weighted by Gasteiger charge is 2.16. The third-order valence-corrected chi connectivity index (χ3v) is 5.95. The lowest BCUT2D eigenvalue weighted by atomic mass is 10.1. The summed E-state index contributed by atoms with van der Waals surface area (Å²) < 4.78 is 1.76. The molecule has 0 spiro atoms. The molecular formula is C21H24ClN3OS. The van der Waals surface area contributed by atoms with Crippen molar-refractivity contribution < 1.29 is 17.3 Å². The zero-order valence-corrected chi connectivity index (χ0v) is 16.8. The average molecular weight is 402 g/mol. The lowest BCUT2D eigenvalue weighted by Crippen LogP contribution is -3.13. The van der Waals surface area contributed by atoms with Crippen LogP contribution in [0.2, 0.25) is 0 Å². The number of nitrogens with zero attached hydrogens (tertiary/aromatic N) is 2. The molecule has 4 rings (SSSR count). The minimum atomic E-state index is 0. The van der Waals surface area contributed by atoms with Gasteiger partial charge in [0.25, 0.3) is 5.56 Å². The molecule has 1 aromatic heterocycles. The van der Waals surface area contributed by atoms with E-state index in [-0.39, 0.29) is 18.0 Å². The number of rotatable bonds is 5. The molecule has 6 heteroatoms. The highest BCUT2D eigenvalue weighted by molar-refractivity contribution is 7.99. The molecular weight excluding hydrogens is 378 g/mol. The molecule has 1 aliphatic rings. The van der Waals surface area contributed by atoms with Gasteiger partial charge >= 0.3 is 0 Å². The predicted molar refractivity (Wildman–Crippen MR) is 107 cm³/mol. The van der Waals surface area contributed by atoms with E-state index >= 15 is 0 Å². The Hall–Kier alpha value is -1.82. The molecule has 142 valence electrons. The minimum absolute atomic E-state index is 0. The molecule has 3 aromatic rings. The Morgan fingerprint density at radius 1 is 0.963 bits per heavy atom. The summed E-state index contributed by atoms with van der Waals surface area (Å²) in [5.41, 5.74) is 1.66. The first-order chi connectivity index (χ1) is 12.8. The van der Waals surface area contributed by atoms with E-state index in [1.807, 2.05) is 54.6 Å². The number of aromatic nitrogens is 2. The van der Waals surface area contributed by atoms with Crippen molar-refractivity contribution in [2.24, 2.45) is 0 Å². The molecule has 1 N–H and O–H groups in total. The molecule has 0 aliphatic carbocycles. The Bertz CT molecular complexity index is 939. The van der Waals surface area contributed by atoms with Crippen LogP contribution in [-0.2, 0) is 0 Å². The SMILES string of the molecule is O=c1c2ccccc2nc(SCC[NH+]2CCCCC2)n1-c1ccccc1.[Cl-]. The Morgan fingerprint density at radius 2 is 1.67 bits per heavy atom. The molecule has 0 atom stereocenters. The van der Waals surface area contributed by atoms with Crippen LogP contribution >= 0.6 is 11.8 Å². The highest BCUT2D eigenvalue weighted by atomic mass is 35.5. The fraction of sp³-hybridized carbons (Fsp3) is 0.333. The quantitative estimate of drug-likeness (QED) is 0.465. The maximum atomic E-state index is 13.1. The van der Waals surface area contributed by atoms with Crippen LogP contribution in [0.1, 0.15) is 19.3 Å². The van der Waals surface area contributed by atoms with E-state index in [1.165, 1.54) is 32.4 Å². The van der Waals surface area contributed by atoms with Gasteiger partial charge < -0.3 is 17.3 Å². The van der Waals surface area contributed by atoms with Gasteiger partial charge in [0.2, 0.25) is 0 Å². The van der Waals surface area contributed by atoms with Crippen LogP contribution in [0.5, 0.6) is 0 Å². The molecule has 1 aliphatic heterocycles. The number of hydrogen-bond acceptors (Lipinski definition) is 3. The topological polar surface area (TPSA) is 39.3 Å². The standard InChI is InChI=1S/C21H23N3OS.ClH/c25-20-18-11-5-6-12-19(18)22-21(24(20)17-9-3-1-4-10-17)26-16-15-23-13-7-2-8-14-23;/h1,3-6,9-12H,2,7-8,13-16H2;1H. The van der Waals surface area contributed by atoms with Crippen LogP contribution < -0.4 is 22.9 Å². The second-order valence-corrected chi connectivity index (χ2v) is 7.86. The van der Waals surface area contributed by atoms with Gasteiger partial charge in [0.05, 0.1) is 42.0 Å². The normalized spacial score (nSPS) is 14.8. The molecule has 27 heavy (non-hydrogen) atoms. The maximum absolute atomic E-state index is 13.1. The van der Waals surface area contributed by atoms with Gasteiger partial charge in [-0.05, 0) is 43.5 Å². The number of quaternary nitrogens is 1. The summed E-state index contributed by atoms with van der Waals surface area (Å²) in [6, 6.07) is 17.4. The Morgan fingerprint density at radius 3 is 2.44 bits per heavy atom. The van der Waals surface area contributed by atoms with Gasteiger partial charge in [-0.3, -0.25) is 9.36 Å². The zero-order valence-electron chi connectivity index (χ0n) is 15.2. The Labute approximate surface area is 170 Å². The predicted octanol–water partition coefficient (Wildman–Crippen LogP) is -0.449. The summed E-state index contributed by atoms with van der Waals surface area (Å²) >= 11 is 1.70. The van der Waals surface area contributed by atoms with Gasteiger partial charge in [-0.25, -0.2) is 4.98 Å². The number of nitrogens with one attached hydrogen (secondary N) is 1. The van der Waals surface area contributed by atoms with Crippen molar-refractivity contribution in [1.29, 1.82) is 0 Å². The third kappa shape index (κ3) is 4.54. The molecule has 4 nitrogen and oxygen atoms in total. The fourth-order valence-electron chi connectivity index (χ4n) is 3.60. The molecule has 1 saturated heterocycles. The molecule has 1 fully saturated rings. The van der Waals surface area contributed by atoms with E-state index in [1.54, 1.807) is 21.2 Å². The summed E-state index contributed by atoms with van der Waals surface area (Å²) in [4.78, 5) is 19.6. The van der Waals surface area contributed by atoms with Crippen molar-refractivity contribution in [3.63, 3.8) is 0 Å². The number of thioether (sulfide) groups is 1. The average Bonchev–Trinajstić information content (AvgIpc) is 2.70. The van der Waals surface area contributed by atoms with E-state index in [9.17, 15) is 4.79 Å². The van der Waals surface area contributed by atoms with Crippen molar-refractivity contribution in [2.45, 2.75) is 24.4 Å². The summed E-state index contributed by atoms with van der Waals surface area (Å²) in [6.45, 7) is 3.68. The largest absolute Gasteiger partial charge is 1.00 e. The van der Waals surface area contributed by atoms with Crippen molar-refractivity contribution in [3.8, 4) is 5.69 Å². The van der Waals surface area contributed by atoms with Gasteiger partial charge in [0.15, 0.2) is 5.16 Å². The molecule has 0 saturated carbocycles. The molecule has 2 aromatic carbocycles. The lowest BCUT2D eigenvalue weighted by Gasteiger charge is -2.23. The van der Waals surface area contributed by atoms with Crippen LogP contribution in [0.4, 0.5) is 0 Å². The molecule has 0 radical (unpaired) electrons.